The molecule has 0 spiro atoms. The smallest absolute Gasteiger partial charge is 0.328 e. The van der Waals surface area contributed by atoms with Gasteiger partial charge in [0.05, 0.1) is 5.69 Å². The summed E-state index contributed by atoms with van der Waals surface area (Å²) in [7, 11) is 0. The number of amides is 1. The van der Waals surface area contributed by atoms with Crippen LogP contribution in [0.3, 0.4) is 0 Å². The maximum absolute atomic E-state index is 11.6. The minimum absolute atomic E-state index is 0.491. The van der Waals surface area contributed by atoms with E-state index in [1.165, 1.54) is 0 Å². The second-order valence-electron chi connectivity index (χ2n) is 5.14. The maximum atomic E-state index is 11.6. The molecule has 6 heteroatoms. The zero-order valence-corrected chi connectivity index (χ0v) is 13.9. The van der Waals surface area contributed by atoms with Crippen LogP contribution in [0, 0.1) is 0 Å². The number of anilines is 1. The van der Waals surface area contributed by atoms with E-state index in [-0.39, 0.29) is 0 Å². The SMILES string of the molecule is O=C(O)C=CC(=O)Nc1ccc(-c2csc(-c3ccccc3)n2)cc1. The first kappa shape index (κ1) is 16.6. The molecule has 0 radical (unpaired) electrons. The van der Waals surface area contributed by atoms with Crippen molar-refractivity contribution in [2.45, 2.75) is 0 Å². The van der Waals surface area contributed by atoms with Gasteiger partial charge in [-0.2, -0.15) is 0 Å². The van der Waals surface area contributed by atoms with Gasteiger partial charge < -0.3 is 10.4 Å². The van der Waals surface area contributed by atoms with Gasteiger partial charge in [-0.25, -0.2) is 9.78 Å². The Bertz CT molecular complexity index is 915. The molecular formula is C19H14N2O3S. The quantitative estimate of drug-likeness (QED) is 0.680. The van der Waals surface area contributed by atoms with Gasteiger partial charge in [-0.05, 0) is 12.1 Å². The minimum Gasteiger partial charge on any atom is -0.478 e. The summed E-state index contributed by atoms with van der Waals surface area (Å²) in [6, 6.07) is 17.2. The molecule has 2 aromatic carbocycles. The van der Waals surface area contributed by atoms with Crippen LogP contribution in [0.15, 0.2) is 72.1 Å². The summed E-state index contributed by atoms with van der Waals surface area (Å²) in [4.78, 5) is 26.6. The van der Waals surface area contributed by atoms with E-state index in [0.717, 1.165) is 34.0 Å². The van der Waals surface area contributed by atoms with Gasteiger partial charge in [0, 0.05) is 34.3 Å². The Kier molecular flexibility index (Phi) is 5.01. The average Bonchev–Trinajstić information content (AvgIpc) is 3.11. The molecule has 2 N–H and O–H groups in total. The molecule has 1 amide bonds. The highest BCUT2D eigenvalue weighted by molar-refractivity contribution is 7.13. The fourth-order valence-electron chi connectivity index (χ4n) is 2.17. The van der Waals surface area contributed by atoms with Gasteiger partial charge in [-0.3, -0.25) is 4.79 Å². The van der Waals surface area contributed by atoms with Crippen molar-refractivity contribution in [2.24, 2.45) is 0 Å². The second-order valence-corrected chi connectivity index (χ2v) is 6.00. The number of carbonyl (C=O) groups excluding carboxylic acids is 1. The van der Waals surface area contributed by atoms with Crippen molar-refractivity contribution in [3.8, 4) is 21.8 Å². The van der Waals surface area contributed by atoms with E-state index in [1.807, 2.05) is 47.8 Å². The summed E-state index contributed by atoms with van der Waals surface area (Å²) in [5, 5.41) is 14.0. The van der Waals surface area contributed by atoms with Crippen molar-refractivity contribution in [1.82, 2.24) is 4.98 Å². The van der Waals surface area contributed by atoms with Crippen LogP contribution in [0.2, 0.25) is 0 Å². The van der Waals surface area contributed by atoms with Crippen LogP contribution < -0.4 is 5.32 Å². The number of thiazole rings is 1. The number of rotatable bonds is 5. The molecule has 0 atom stereocenters. The van der Waals surface area contributed by atoms with E-state index in [0.29, 0.717) is 5.69 Å². The van der Waals surface area contributed by atoms with Crippen LogP contribution in [-0.4, -0.2) is 22.0 Å². The van der Waals surface area contributed by atoms with Crippen LogP contribution in [0.1, 0.15) is 0 Å². The Hall–Kier alpha value is -3.25. The van der Waals surface area contributed by atoms with Gasteiger partial charge in [0.25, 0.3) is 0 Å². The topological polar surface area (TPSA) is 79.3 Å². The fourth-order valence-corrected chi connectivity index (χ4v) is 3.01. The Morgan fingerprint density at radius 3 is 2.36 bits per heavy atom. The monoisotopic (exact) mass is 350 g/mol. The molecule has 5 nitrogen and oxygen atoms in total. The number of hydrogen-bond acceptors (Lipinski definition) is 4. The van der Waals surface area contributed by atoms with Crippen molar-refractivity contribution in [3.63, 3.8) is 0 Å². The highest BCUT2D eigenvalue weighted by atomic mass is 32.1. The Morgan fingerprint density at radius 2 is 1.68 bits per heavy atom. The van der Waals surface area contributed by atoms with Crippen LogP contribution in [0.25, 0.3) is 21.8 Å². The lowest BCUT2D eigenvalue weighted by atomic mass is 10.1. The number of aromatic nitrogens is 1. The standard InChI is InChI=1S/C19H14N2O3S/c22-17(10-11-18(23)24)20-15-8-6-13(7-9-15)16-12-25-19(21-16)14-4-2-1-3-5-14/h1-12H,(H,20,22)(H,23,24). The van der Waals surface area contributed by atoms with E-state index in [9.17, 15) is 9.59 Å². The highest BCUT2D eigenvalue weighted by Crippen LogP contribution is 2.29. The fraction of sp³-hybridized carbons (Fsp3) is 0. The molecule has 0 fully saturated rings. The lowest BCUT2D eigenvalue weighted by Gasteiger charge is -2.03. The van der Waals surface area contributed by atoms with Crippen LogP contribution in [0.5, 0.6) is 0 Å². The van der Waals surface area contributed by atoms with Crippen LogP contribution >= 0.6 is 11.3 Å². The first-order chi connectivity index (χ1) is 12.1. The molecule has 0 saturated heterocycles. The molecule has 1 heterocycles. The minimum atomic E-state index is -1.16. The van der Waals surface area contributed by atoms with Gasteiger partial charge in [0.15, 0.2) is 0 Å². The number of aliphatic carboxylic acids is 1. The van der Waals surface area contributed by atoms with E-state index >= 15 is 0 Å². The summed E-state index contributed by atoms with van der Waals surface area (Å²) in [5.41, 5.74) is 3.47. The predicted molar refractivity (Wildman–Crippen MR) is 98.4 cm³/mol. The second kappa shape index (κ2) is 7.55. The van der Waals surface area contributed by atoms with Crippen molar-refractivity contribution < 1.29 is 14.7 Å². The third-order valence-corrected chi connectivity index (χ3v) is 4.24. The summed E-state index contributed by atoms with van der Waals surface area (Å²) in [6.07, 6.45) is 1.77. The third-order valence-electron chi connectivity index (χ3n) is 3.35. The van der Waals surface area contributed by atoms with Crippen molar-refractivity contribution >= 4 is 28.9 Å². The highest BCUT2D eigenvalue weighted by Gasteiger charge is 2.07. The van der Waals surface area contributed by atoms with Gasteiger partial charge in [-0.1, -0.05) is 42.5 Å². The lowest BCUT2D eigenvalue weighted by molar-refractivity contribution is -0.131. The average molecular weight is 350 g/mol. The van der Waals surface area contributed by atoms with E-state index < -0.39 is 11.9 Å². The zero-order chi connectivity index (χ0) is 17.6. The molecule has 25 heavy (non-hydrogen) atoms. The molecule has 3 aromatic rings. The Balaban J connectivity index is 1.72. The van der Waals surface area contributed by atoms with Gasteiger partial charge in [0.1, 0.15) is 5.01 Å². The molecule has 0 aliphatic rings. The van der Waals surface area contributed by atoms with Crippen LogP contribution in [0.4, 0.5) is 5.69 Å². The molecular weight excluding hydrogens is 336 g/mol. The molecule has 124 valence electrons. The number of benzene rings is 2. The van der Waals surface area contributed by atoms with Crippen molar-refractivity contribution in [3.05, 3.63) is 72.1 Å². The molecule has 0 saturated carbocycles. The number of carboxylic acid groups (broad SMARTS) is 1. The van der Waals surface area contributed by atoms with Gasteiger partial charge in [-0.15, -0.1) is 11.3 Å². The Labute approximate surface area is 148 Å². The molecule has 0 aliphatic heterocycles. The van der Waals surface area contributed by atoms with Gasteiger partial charge >= 0.3 is 5.97 Å². The van der Waals surface area contributed by atoms with E-state index in [2.05, 4.69) is 10.3 Å². The third kappa shape index (κ3) is 4.39. The lowest BCUT2D eigenvalue weighted by Crippen LogP contribution is -2.08. The number of nitrogens with one attached hydrogen (secondary N) is 1. The maximum Gasteiger partial charge on any atom is 0.328 e. The van der Waals surface area contributed by atoms with Gasteiger partial charge in [0.2, 0.25) is 5.91 Å². The van der Waals surface area contributed by atoms with E-state index in [4.69, 9.17) is 5.11 Å². The largest absolute Gasteiger partial charge is 0.478 e. The number of carboxylic acids is 1. The number of nitrogens with zero attached hydrogens (tertiary/aromatic N) is 1. The van der Waals surface area contributed by atoms with Crippen molar-refractivity contribution in [2.75, 3.05) is 5.32 Å². The summed E-state index contributed by atoms with van der Waals surface area (Å²) in [5.74, 6) is -1.65. The van der Waals surface area contributed by atoms with Crippen LogP contribution in [-0.2, 0) is 9.59 Å². The molecule has 0 unspecified atom stereocenters. The molecule has 1 aromatic heterocycles. The molecule has 3 rings (SSSR count). The molecule has 0 aliphatic carbocycles. The molecule has 0 bridgehead atoms. The summed E-state index contributed by atoms with van der Waals surface area (Å²) < 4.78 is 0. The first-order valence-corrected chi connectivity index (χ1v) is 8.33. The summed E-state index contributed by atoms with van der Waals surface area (Å²) in [6.45, 7) is 0. The predicted octanol–water partition coefficient (Wildman–Crippen LogP) is 4.06. The normalized spacial score (nSPS) is 10.7. The van der Waals surface area contributed by atoms with Crippen molar-refractivity contribution in [1.29, 1.82) is 0 Å². The number of carbonyl (C=O) groups is 2. The number of hydrogen-bond donors (Lipinski definition) is 2. The summed E-state index contributed by atoms with van der Waals surface area (Å²) >= 11 is 1.58. The Morgan fingerprint density at radius 1 is 0.960 bits per heavy atom. The first-order valence-electron chi connectivity index (χ1n) is 7.45. The zero-order valence-electron chi connectivity index (χ0n) is 13.0. The van der Waals surface area contributed by atoms with E-state index in [1.54, 1.807) is 23.5 Å².